The molecule has 1 unspecified atom stereocenters. The summed E-state index contributed by atoms with van der Waals surface area (Å²) in [6.45, 7) is 5.30. The number of aromatic nitrogens is 3. The Balaban J connectivity index is 1.39. The molecule has 0 radical (unpaired) electrons. The highest BCUT2D eigenvalue weighted by Crippen LogP contribution is 2.40. The molecule has 8 heteroatoms. The summed E-state index contributed by atoms with van der Waals surface area (Å²) in [5.74, 6) is 1.28. The van der Waals surface area contributed by atoms with Crippen LogP contribution in [-0.2, 0) is 14.3 Å². The van der Waals surface area contributed by atoms with E-state index in [1.807, 2.05) is 53.8 Å². The molecular weight excluding hydrogens is 400 g/mol. The molecular formula is C22H28N4O3S. The molecule has 1 saturated carbocycles. The van der Waals surface area contributed by atoms with Gasteiger partial charge in [-0.2, -0.15) is 0 Å². The van der Waals surface area contributed by atoms with E-state index < -0.39 is 0 Å². The molecule has 0 bridgehead atoms. The van der Waals surface area contributed by atoms with Gasteiger partial charge in [0.2, 0.25) is 11.1 Å². The van der Waals surface area contributed by atoms with Gasteiger partial charge in [0.1, 0.15) is 5.82 Å². The third-order valence-electron chi connectivity index (χ3n) is 5.61. The molecule has 160 valence electrons. The molecule has 0 N–H and O–H groups in total. The van der Waals surface area contributed by atoms with Crippen LogP contribution in [0.4, 0.5) is 0 Å². The number of piperidine rings is 1. The highest BCUT2D eigenvalue weighted by molar-refractivity contribution is 8.00. The lowest BCUT2D eigenvalue weighted by molar-refractivity contribution is -0.151. The first-order chi connectivity index (χ1) is 14.6. The smallest absolute Gasteiger partial charge is 0.309 e. The van der Waals surface area contributed by atoms with E-state index in [0.29, 0.717) is 43.6 Å². The zero-order valence-corrected chi connectivity index (χ0v) is 18.3. The number of ether oxygens (including phenoxy) is 1. The second kappa shape index (κ2) is 9.20. The van der Waals surface area contributed by atoms with Crippen LogP contribution in [0.2, 0.25) is 0 Å². The third-order valence-corrected chi connectivity index (χ3v) is 6.55. The fraction of sp³-hybridized carbons (Fsp3) is 0.545. The Hall–Kier alpha value is -2.35. The maximum absolute atomic E-state index is 12.9. The summed E-state index contributed by atoms with van der Waals surface area (Å²) in [6, 6.07) is 10.0. The SMILES string of the molecule is CCOC(=O)C1CCN(C(=O)C(C)Sc2nc(C3CC3)n(-c3ccccc3)n2)CC1. The van der Waals surface area contributed by atoms with Crippen molar-refractivity contribution < 1.29 is 14.3 Å². The number of likely N-dealkylation sites (tertiary alicyclic amines) is 1. The number of carbonyl (C=O) groups excluding carboxylic acids is 2. The molecule has 1 aromatic heterocycles. The average Bonchev–Trinajstić information content (AvgIpc) is 3.54. The van der Waals surface area contributed by atoms with E-state index in [2.05, 4.69) is 0 Å². The second-order valence-corrected chi connectivity index (χ2v) is 9.19. The minimum absolute atomic E-state index is 0.0753. The van der Waals surface area contributed by atoms with Gasteiger partial charge in [0.25, 0.3) is 0 Å². The number of thioether (sulfide) groups is 1. The normalized spacial score (nSPS) is 18.3. The number of hydrogen-bond donors (Lipinski definition) is 0. The van der Waals surface area contributed by atoms with Gasteiger partial charge in [-0.15, -0.1) is 5.10 Å². The number of nitrogens with zero attached hydrogens (tertiary/aromatic N) is 4. The van der Waals surface area contributed by atoms with Crippen molar-refractivity contribution in [3.05, 3.63) is 36.2 Å². The lowest BCUT2D eigenvalue weighted by atomic mass is 9.97. The lowest BCUT2D eigenvalue weighted by Gasteiger charge is -2.32. The van der Waals surface area contributed by atoms with Gasteiger partial charge in [0.15, 0.2) is 0 Å². The summed E-state index contributed by atoms with van der Waals surface area (Å²) in [5.41, 5.74) is 0.999. The summed E-state index contributed by atoms with van der Waals surface area (Å²) in [6.07, 6.45) is 3.60. The Morgan fingerprint density at radius 2 is 1.87 bits per heavy atom. The van der Waals surface area contributed by atoms with Crippen molar-refractivity contribution in [2.75, 3.05) is 19.7 Å². The molecule has 1 atom stereocenters. The number of esters is 1. The van der Waals surface area contributed by atoms with Crippen LogP contribution in [0.25, 0.3) is 5.69 Å². The molecule has 1 aromatic carbocycles. The van der Waals surface area contributed by atoms with E-state index >= 15 is 0 Å². The molecule has 2 aliphatic rings. The maximum atomic E-state index is 12.9. The first-order valence-electron chi connectivity index (χ1n) is 10.7. The van der Waals surface area contributed by atoms with E-state index in [0.717, 1.165) is 24.4 Å². The van der Waals surface area contributed by atoms with Crippen LogP contribution < -0.4 is 0 Å². The minimum atomic E-state index is -0.275. The standard InChI is InChI=1S/C22H28N4O3S/c1-3-29-21(28)17-11-13-25(14-12-17)20(27)15(2)30-22-23-19(16-9-10-16)26(24-22)18-7-5-4-6-8-18/h4-8,15-17H,3,9-14H2,1-2H3. The number of amides is 1. The second-order valence-electron chi connectivity index (χ2n) is 7.89. The van der Waals surface area contributed by atoms with Gasteiger partial charge in [-0.1, -0.05) is 30.0 Å². The largest absolute Gasteiger partial charge is 0.466 e. The molecule has 1 amide bonds. The lowest BCUT2D eigenvalue weighted by Crippen LogP contribution is -2.43. The Labute approximate surface area is 181 Å². The zero-order valence-electron chi connectivity index (χ0n) is 17.5. The van der Waals surface area contributed by atoms with Crippen LogP contribution in [-0.4, -0.2) is 56.5 Å². The molecule has 2 aromatic rings. The third kappa shape index (κ3) is 4.69. The van der Waals surface area contributed by atoms with Crippen molar-refractivity contribution in [2.45, 2.75) is 55.9 Å². The van der Waals surface area contributed by atoms with Gasteiger partial charge >= 0.3 is 5.97 Å². The van der Waals surface area contributed by atoms with E-state index in [-0.39, 0.29) is 23.0 Å². The van der Waals surface area contributed by atoms with Gasteiger partial charge in [-0.05, 0) is 51.7 Å². The van der Waals surface area contributed by atoms with E-state index in [9.17, 15) is 9.59 Å². The Bertz CT molecular complexity index is 889. The average molecular weight is 429 g/mol. The fourth-order valence-electron chi connectivity index (χ4n) is 3.78. The predicted octanol–water partition coefficient (Wildman–Crippen LogP) is 3.43. The molecule has 0 spiro atoms. The van der Waals surface area contributed by atoms with Crippen molar-refractivity contribution >= 4 is 23.6 Å². The van der Waals surface area contributed by atoms with Crippen LogP contribution in [0, 0.1) is 5.92 Å². The van der Waals surface area contributed by atoms with Crippen LogP contribution in [0.3, 0.4) is 0 Å². The number of hydrogen-bond acceptors (Lipinski definition) is 6. The topological polar surface area (TPSA) is 77.3 Å². The van der Waals surface area contributed by atoms with Crippen molar-refractivity contribution in [1.29, 1.82) is 0 Å². The molecule has 2 fully saturated rings. The number of benzene rings is 1. The van der Waals surface area contributed by atoms with Gasteiger partial charge in [-0.25, -0.2) is 9.67 Å². The molecule has 1 saturated heterocycles. The van der Waals surface area contributed by atoms with E-state index in [1.54, 1.807) is 0 Å². The van der Waals surface area contributed by atoms with Gasteiger partial charge in [0, 0.05) is 19.0 Å². The summed E-state index contributed by atoms with van der Waals surface area (Å²) in [4.78, 5) is 31.5. The molecule has 7 nitrogen and oxygen atoms in total. The van der Waals surface area contributed by atoms with Gasteiger partial charge in [-0.3, -0.25) is 9.59 Å². The van der Waals surface area contributed by atoms with Crippen molar-refractivity contribution in [2.24, 2.45) is 5.92 Å². The Kier molecular flexibility index (Phi) is 6.41. The van der Waals surface area contributed by atoms with Crippen molar-refractivity contribution in [1.82, 2.24) is 19.7 Å². The summed E-state index contributed by atoms with van der Waals surface area (Å²) in [5, 5.41) is 5.07. The molecule has 4 rings (SSSR count). The molecule has 1 aliphatic heterocycles. The van der Waals surface area contributed by atoms with Crippen molar-refractivity contribution in [3.8, 4) is 5.69 Å². The molecule has 1 aliphatic carbocycles. The first-order valence-corrected chi connectivity index (χ1v) is 11.6. The van der Waals surface area contributed by atoms with Crippen LogP contribution in [0.15, 0.2) is 35.5 Å². The predicted molar refractivity (Wildman–Crippen MR) is 115 cm³/mol. The highest BCUT2D eigenvalue weighted by Gasteiger charge is 2.33. The van der Waals surface area contributed by atoms with Crippen LogP contribution in [0.1, 0.15) is 51.3 Å². The van der Waals surface area contributed by atoms with Crippen LogP contribution in [0.5, 0.6) is 0 Å². The first kappa shape index (κ1) is 20.9. The number of rotatable bonds is 7. The number of carbonyl (C=O) groups is 2. The Morgan fingerprint density at radius 3 is 2.50 bits per heavy atom. The monoisotopic (exact) mass is 428 g/mol. The molecule has 2 heterocycles. The van der Waals surface area contributed by atoms with Crippen molar-refractivity contribution in [3.63, 3.8) is 0 Å². The fourth-order valence-corrected chi connectivity index (χ4v) is 4.62. The quantitative estimate of drug-likeness (QED) is 0.497. The zero-order chi connectivity index (χ0) is 21.1. The summed E-state index contributed by atoms with van der Waals surface area (Å²) in [7, 11) is 0. The van der Waals surface area contributed by atoms with E-state index in [1.165, 1.54) is 11.8 Å². The summed E-state index contributed by atoms with van der Waals surface area (Å²) >= 11 is 1.41. The maximum Gasteiger partial charge on any atom is 0.309 e. The van der Waals surface area contributed by atoms with Gasteiger partial charge < -0.3 is 9.64 Å². The minimum Gasteiger partial charge on any atom is -0.466 e. The molecule has 30 heavy (non-hydrogen) atoms. The van der Waals surface area contributed by atoms with Crippen LogP contribution >= 0.6 is 11.8 Å². The van der Waals surface area contributed by atoms with Gasteiger partial charge in [0.05, 0.1) is 23.5 Å². The number of para-hydroxylation sites is 1. The Morgan fingerprint density at radius 1 is 1.17 bits per heavy atom. The summed E-state index contributed by atoms with van der Waals surface area (Å²) < 4.78 is 7.03. The highest BCUT2D eigenvalue weighted by atomic mass is 32.2. The van der Waals surface area contributed by atoms with E-state index in [4.69, 9.17) is 14.8 Å².